The molecule has 1 atom stereocenters. The Balaban J connectivity index is 2.52. The van der Waals surface area contributed by atoms with Crippen molar-refractivity contribution in [1.82, 2.24) is 4.72 Å². The van der Waals surface area contributed by atoms with Crippen molar-refractivity contribution >= 4 is 33.4 Å². The van der Waals surface area contributed by atoms with Crippen LogP contribution in [-0.2, 0) is 34.7 Å². The summed E-state index contributed by atoms with van der Waals surface area (Å²) in [6, 6.07) is 3.29. The number of Topliss-reactive ketones (excluding diaryl/α,β-unsaturated/α-hetero) is 1. The van der Waals surface area contributed by atoms with Crippen LogP contribution in [0.25, 0.3) is 0 Å². The summed E-state index contributed by atoms with van der Waals surface area (Å²) in [7, 11) is -3.81. The van der Waals surface area contributed by atoms with Crippen molar-refractivity contribution in [2.75, 3.05) is 5.75 Å². The second kappa shape index (κ2) is 6.64. The highest BCUT2D eigenvalue weighted by atomic mass is 35.5. The zero-order valence-corrected chi connectivity index (χ0v) is 15.1. The molecule has 1 unspecified atom stereocenters. The van der Waals surface area contributed by atoms with Crippen LogP contribution in [0.3, 0.4) is 0 Å². The van der Waals surface area contributed by atoms with Crippen molar-refractivity contribution in [2.24, 2.45) is 0 Å². The maximum Gasteiger partial charge on any atom is 0.308 e. The number of halogens is 2. The van der Waals surface area contributed by atoms with Gasteiger partial charge in [-0.15, -0.1) is 0 Å². The fourth-order valence-electron chi connectivity index (χ4n) is 2.19. The Labute approximate surface area is 148 Å². The second-order valence-corrected chi connectivity index (χ2v) is 7.76. The third-order valence-electron chi connectivity index (χ3n) is 3.47. The summed E-state index contributed by atoms with van der Waals surface area (Å²) in [6.45, 7) is 3.74. The monoisotopic (exact) mass is 391 g/mol. The van der Waals surface area contributed by atoms with E-state index >= 15 is 0 Å². The second-order valence-electron chi connectivity index (χ2n) is 5.35. The first-order valence-corrected chi connectivity index (χ1v) is 9.15. The standard InChI is InChI=1S/C15H15ClFNO6S/c1-4-25(21,22)18-14-12(23-8(2)19)13(20)15(3,24-14)10-6-5-9(17)7-11(10)16/h5-7,18H,4H2,1-3H3. The first-order chi connectivity index (χ1) is 11.5. The Morgan fingerprint density at radius 2 is 2.08 bits per heavy atom. The molecule has 0 radical (unpaired) electrons. The molecule has 1 aliphatic rings. The van der Waals surface area contributed by atoms with Gasteiger partial charge in [-0.2, -0.15) is 0 Å². The van der Waals surface area contributed by atoms with Crippen LogP contribution in [-0.4, -0.2) is 25.9 Å². The SMILES string of the molecule is CCS(=O)(=O)NC1=C(OC(C)=O)C(=O)C(C)(c2ccc(F)cc2Cl)O1. The first kappa shape index (κ1) is 19.2. The van der Waals surface area contributed by atoms with E-state index in [-0.39, 0.29) is 16.3 Å². The van der Waals surface area contributed by atoms with Gasteiger partial charge < -0.3 is 9.47 Å². The molecule has 0 bridgehead atoms. The highest BCUT2D eigenvalue weighted by molar-refractivity contribution is 7.89. The quantitative estimate of drug-likeness (QED) is 0.770. The number of rotatable bonds is 5. The van der Waals surface area contributed by atoms with E-state index < -0.39 is 44.8 Å². The topological polar surface area (TPSA) is 98.8 Å². The van der Waals surface area contributed by atoms with E-state index in [1.807, 2.05) is 0 Å². The molecule has 1 aromatic rings. The molecule has 0 fully saturated rings. The van der Waals surface area contributed by atoms with E-state index in [4.69, 9.17) is 21.1 Å². The molecule has 1 aromatic carbocycles. The molecule has 0 spiro atoms. The van der Waals surface area contributed by atoms with E-state index in [0.717, 1.165) is 19.1 Å². The van der Waals surface area contributed by atoms with Crippen LogP contribution in [0, 0.1) is 5.82 Å². The van der Waals surface area contributed by atoms with Crippen LogP contribution in [0.1, 0.15) is 26.3 Å². The Kier molecular flexibility index (Phi) is 5.10. The number of carbonyl (C=O) groups is 2. The number of carbonyl (C=O) groups excluding carboxylic acids is 2. The largest absolute Gasteiger partial charge is 0.456 e. The molecule has 0 saturated carbocycles. The Morgan fingerprint density at radius 1 is 1.44 bits per heavy atom. The van der Waals surface area contributed by atoms with Gasteiger partial charge in [0, 0.05) is 12.5 Å². The molecule has 1 heterocycles. The van der Waals surface area contributed by atoms with Gasteiger partial charge in [-0.3, -0.25) is 14.3 Å². The first-order valence-electron chi connectivity index (χ1n) is 7.12. The predicted molar refractivity (Wildman–Crippen MR) is 86.2 cm³/mol. The Bertz CT molecular complexity index is 882. The van der Waals surface area contributed by atoms with Crippen molar-refractivity contribution < 1.29 is 31.9 Å². The van der Waals surface area contributed by atoms with Crippen LogP contribution >= 0.6 is 11.6 Å². The molecule has 25 heavy (non-hydrogen) atoms. The third-order valence-corrected chi connectivity index (χ3v) is 5.04. The maximum absolute atomic E-state index is 13.3. The van der Waals surface area contributed by atoms with Crippen LogP contribution < -0.4 is 4.72 Å². The van der Waals surface area contributed by atoms with Crippen LogP contribution in [0.4, 0.5) is 4.39 Å². The molecule has 0 aliphatic carbocycles. The number of benzene rings is 1. The molecule has 0 amide bonds. The van der Waals surface area contributed by atoms with Gasteiger partial charge in [0.2, 0.25) is 27.3 Å². The summed E-state index contributed by atoms with van der Waals surface area (Å²) in [6.07, 6.45) is 0. The summed E-state index contributed by atoms with van der Waals surface area (Å²) in [5.41, 5.74) is -1.70. The lowest BCUT2D eigenvalue weighted by atomic mass is 9.91. The van der Waals surface area contributed by atoms with Gasteiger partial charge >= 0.3 is 5.97 Å². The number of nitrogens with one attached hydrogen (secondary N) is 1. The predicted octanol–water partition coefficient (Wildman–Crippen LogP) is 1.97. The van der Waals surface area contributed by atoms with Gasteiger partial charge in [0.15, 0.2) is 0 Å². The average molecular weight is 392 g/mol. The van der Waals surface area contributed by atoms with E-state index in [1.54, 1.807) is 0 Å². The summed E-state index contributed by atoms with van der Waals surface area (Å²) in [4.78, 5) is 24.0. The zero-order valence-electron chi connectivity index (χ0n) is 13.6. The smallest absolute Gasteiger partial charge is 0.308 e. The van der Waals surface area contributed by atoms with Gasteiger partial charge in [0.25, 0.3) is 5.78 Å². The Hall–Kier alpha value is -2.13. The van der Waals surface area contributed by atoms with Gasteiger partial charge in [0.05, 0.1) is 10.8 Å². The number of sulfonamides is 1. The van der Waals surface area contributed by atoms with Crippen molar-refractivity contribution in [1.29, 1.82) is 0 Å². The van der Waals surface area contributed by atoms with E-state index in [0.29, 0.717) is 0 Å². The summed E-state index contributed by atoms with van der Waals surface area (Å²) in [5.74, 6) is -3.70. The van der Waals surface area contributed by atoms with Crippen molar-refractivity contribution in [3.8, 4) is 0 Å². The molecule has 7 nitrogen and oxygen atoms in total. The van der Waals surface area contributed by atoms with Crippen molar-refractivity contribution in [3.63, 3.8) is 0 Å². The Morgan fingerprint density at radius 3 is 2.60 bits per heavy atom. The van der Waals surface area contributed by atoms with Crippen LogP contribution in [0.15, 0.2) is 29.8 Å². The molecule has 0 aromatic heterocycles. The summed E-state index contributed by atoms with van der Waals surface area (Å²) < 4.78 is 49.2. The average Bonchev–Trinajstić information content (AvgIpc) is 2.71. The lowest BCUT2D eigenvalue weighted by Crippen LogP contribution is -2.33. The molecule has 1 N–H and O–H groups in total. The molecule has 10 heteroatoms. The minimum Gasteiger partial charge on any atom is -0.456 e. The van der Waals surface area contributed by atoms with Crippen LogP contribution in [0.5, 0.6) is 0 Å². The number of ether oxygens (including phenoxy) is 2. The number of esters is 1. The van der Waals surface area contributed by atoms with Gasteiger partial charge in [0.1, 0.15) is 5.82 Å². The minimum absolute atomic E-state index is 0.0934. The minimum atomic E-state index is -3.81. The van der Waals surface area contributed by atoms with Gasteiger partial charge in [-0.05, 0) is 26.0 Å². The van der Waals surface area contributed by atoms with Crippen molar-refractivity contribution in [3.05, 3.63) is 46.2 Å². The fourth-order valence-corrected chi connectivity index (χ4v) is 3.10. The molecular formula is C15H15ClFNO6S. The van der Waals surface area contributed by atoms with Gasteiger partial charge in [-0.25, -0.2) is 12.8 Å². The third kappa shape index (κ3) is 3.77. The number of hydrogen-bond donors (Lipinski definition) is 1. The van der Waals surface area contributed by atoms with Crippen LogP contribution in [0.2, 0.25) is 5.02 Å². The zero-order chi connectivity index (χ0) is 19.0. The number of ketones is 1. The highest BCUT2D eigenvalue weighted by Crippen LogP contribution is 2.41. The fraction of sp³-hybridized carbons (Fsp3) is 0.333. The lowest BCUT2D eigenvalue weighted by molar-refractivity contribution is -0.142. The lowest BCUT2D eigenvalue weighted by Gasteiger charge is -2.24. The molecular weight excluding hydrogens is 377 g/mol. The normalized spacial score (nSPS) is 20.4. The molecule has 136 valence electrons. The molecule has 1 aliphatic heterocycles. The molecule has 2 rings (SSSR count). The molecule has 0 saturated heterocycles. The van der Waals surface area contributed by atoms with E-state index in [2.05, 4.69) is 4.72 Å². The van der Waals surface area contributed by atoms with E-state index in [1.165, 1.54) is 19.9 Å². The summed E-state index contributed by atoms with van der Waals surface area (Å²) in [5, 5.41) is -0.0994. The maximum atomic E-state index is 13.3. The summed E-state index contributed by atoms with van der Waals surface area (Å²) >= 11 is 5.99. The van der Waals surface area contributed by atoms with E-state index in [9.17, 15) is 22.4 Å². The number of hydrogen-bond acceptors (Lipinski definition) is 6. The van der Waals surface area contributed by atoms with Gasteiger partial charge in [-0.1, -0.05) is 17.7 Å². The van der Waals surface area contributed by atoms with Crippen molar-refractivity contribution in [2.45, 2.75) is 26.4 Å². The highest BCUT2D eigenvalue weighted by Gasteiger charge is 2.51.